The van der Waals surface area contributed by atoms with Crippen LogP contribution >= 0.6 is 11.6 Å². The summed E-state index contributed by atoms with van der Waals surface area (Å²) in [4.78, 5) is 16.8. The van der Waals surface area contributed by atoms with Gasteiger partial charge in [-0.1, -0.05) is 35.9 Å². The lowest BCUT2D eigenvalue weighted by Gasteiger charge is -2.35. The second-order valence-corrected chi connectivity index (χ2v) is 8.70. The highest BCUT2D eigenvalue weighted by Gasteiger charge is 2.21. The van der Waals surface area contributed by atoms with Crippen LogP contribution in [0.4, 0.5) is 5.69 Å². The number of para-hydroxylation sites is 1. The number of ether oxygens (including phenoxy) is 1. The Balaban J connectivity index is 1.39. The number of aliphatic hydroxyl groups excluding tert-OH is 1. The highest BCUT2D eigenvalue weighted by atomic mass is 35.5. The van der Waals surface area contributed by atoms with Crippen LogP contribution < -0.4 is 10.1 Å². The van der Waals surface area contributed by atoms with Gasteiger partial charge in [-0.25, -0.2) is 0 Å². The van der Waals surface area contributed by atoms with E-state index in [1.54, 1.807) is 6.07 Å². The molecule has 1 fully saturated rings. The Bertz CT molecular complexity index is 877. The number of β-amino-alcohol motifs (C(OH)–C–C–N with tert-alkyl or cyclic N) is 1. The van der Waals surface area contributed by atoms with Gasteiger partial charge in [0.1, 0.15) is 18.5 Å². The second kappa shape index (κ2) is 11.0. The molecule has 0 bridgehead atoms. The molecule has 0 aromatic heterocycles. The topological polar surface area (TPSA) is 65.0 Å². The van der Waals surface area contributed by atoms with E-state index in [-0.39, 0.29) is 12.5 Å². The number of hydrogen-bond donors (Lipinski definition) is 2. The van der Waals surface area contributed by atoms with E-state index < -0.39 is 6.10 Å². The minimum atomic E-state index is -0.586. The third-order valence-corrected chi connectivity index (χ3v) is 5.86. The Morgan fingerprint density at radius 3 is 2.39 bits per heavy atom. The molecular weight excluding hydrogens is 414 g/mol. The second-order valence-electron chi connectivity index (χ2n) is 8.27. The van der Waals surface area contributed by atoms with Crippen LogP contribution in [-0.4, -0.2) is 72.8 Å². The zero-order valence-corrected chi connectivity index (χ0v) is 19.3. The van der Waals surface area contributed by atoms with Gasteiger partial charge in [-0.2, -0.15) is 0 Å². The molecule has 1 unspecified atom stereocenters. The normalized spacial score (nSPS) is 16.2. The molecule has 2 aromatic carbocycles. The Morgan fingerprint density at radius 1 is 1.06 bits per heavy atom. The number of benzene rings is 2. The van der Waals surface area contributed by atoms with Crippen molar-refractivity contribution < 1.29 is 14.6 Å². The summed E-state index contributed by atoms with van der Waals surface area (Å²) in [6.45, 7) is 10.3. The van der Waals surface area contributed by atoms with Crippen molar-refractivity contribution in [1.82, 2.24) is 9.80 Å². The molecule has 1 saturated heterocycles. The molecule has 0 saturated carbocycles. The van der Waals surface area contributed by atoms with Crippen molar-refractivity contribution in [3.8, 4) is 5.75 Å². The molecule has 2 N–H and O–H groups in total. The number of nitrogens with one attached hydrogen (secondary N) is 1. The summed E-state index contributed by atoms with van der Waals surface area (Å²) in [6.07, 6.45) is -0.586. The van der Waals surface area contributed by atoms with Crippen molar-refractivity contribution in [2.45, 2.75) is 26.9 Å². The summed E-state index contributed by atoms with van der Waals surface area (Å²) in [5.41, 5.74) is 4.04. The fourth-order valence-corrected chi connectivity index (χ4v) is 3.95. The van der Waals surface area contributed by atoms with Crippen molar-refractivity contribution in [3.05, 3.63) is 58.1 Å². The predicted octanol–water partition coefficient (Wildman–Crippen LogP) is 3.26. The van der Waals surface area contributed by atoms with Gasteiger partial charge in [0.2, 0.25) is 5.91 Å². The largest absolute Gasteiger partial charge is 0.491 e. The van der Waals surface area contributed by atoms with Crippen LogP contribution in [0, 0.1) is 20.8 Å². The number of amides is 1. The van der Waals surface area contributed by atoms with Gasteiger partial charge in [-0.15, -0.1) is 0 Å². The molecule has 1 amide bonds. The van der Waals surface area contributed by atoms with E-state index in [9.17, 15) is 9.90 Å². The number of carbonyl (C=O) groups excluding carboxylic acids is 1. The van der Waals surface area contributed by atoms with Gasteiger partial charge in [-0.05, 0) is 49.6 Å². The van der Waals surface area contributed by atoms with Crippen LogP contribution in [0.2, 0.25) is 5.02 Å². The standard InChI is InChI=1S/C24H32ClN3O3/c1-17-7-8-20(25)13-22(17)31-16-21(29)14-27-9-11-28(12-10-27)15-23(30)26-24-18(2)5-4-6-19(24)3/h4-8,13,21,29H,9-12,14-16H2,1-3H3,(H,26,30). The smallest absolute Gasteiger partial charge is 0.238 e. The van der Waals surface area contributed by atoms with Crippen molar-refractivity contribution >= 4 is 23.2 Å². The maximum atomic E-state index is 12.5. The lowest BCUT2D eigenvalue weighted by Crippen LogP contribution is -2.50. The van der Waals surface area contributed by atoms with Gasteiger partial charge in [-0.3, -0.25) is 14.6 Å². The third kappa shape index (κ3) is 6.94. The molecule has 6 nitrogen and oxygen atoms in total. The molecule has 7 heteroatoms. The molecule has 0 radical (unpaired) electrons. The van der Waals surface area contributed by atoms with Crippen LogP contribution in [0.1, 0.15) is 16.7 Å². The Kier molecular flexibility index (Phi) is 8.32. The lowest BCUT2D eigenvalue weighted by molar-refractivity contribution is -0.117. The van der Waals surface area contributed by atoms with Gasteiger partial charge in [0, 0.05) is 43.4 Å². The van der Waals surface area contributed by atoms with Gasteiger partial charge in [0.05, 0.1) is 6.54 Å². The van der Waals surface area contributed by atoms with Crippen LogP contribution in [0.25, 0.3) is 0 Å². The molecule has 2 aromatic rings. The van der Waals surface area contributed by atoms with Crippen LogP contribution in [-0.2, 0) is 4.79 Å². The fourth-order valence-electron chi connectivity index (χ4n) is 3.79. The van der Waals surface area contributed by atoms with E-state index in [2.05, 4.69) is 15.1 Å². The zero-order chi connectivity index (χ0) is 22.4. The SMILES string of the molecule is Cc1ccc(Cl)cc1OCC(O)CN1CCN(CC(=O)Nc2c(C)cccc2C)CC1. The quantitative estimate of drug-likeness (QED) is 0.653. The summed E-state index contributed by atoms with van der Waals surface area (Å²) in [5, 5.41) is 14.0. The fraction of sp³-hybridized carbons (Fsp3) is 0.458. The predicted molar refractivity (Wildman–Crippen MR) is 125 cm³/mol. The van der Waals surface area contributed by atoms with E-state index in [1.807, 2.05) is 51.1 Å². The highest BCUT2D eigenvalue weighted by Crippen LogP contribution is 2.23. The summed E-state index contributed by atoms with van der Waals surface area (Å²) in [6, 6.07) is 11.5. The first-order valence-corrected chi connectivity index (χ1v) is 11.1. The van der Waals surface area contributed by atoms with E-state index in [0.717, 1.165) is 48.6 Å². The number of carbonyl (C=O) groups is 1. The molecule has 1 heterocycles. The van der Waals surface area contributed by atoms with Gasteiger partial charge in [0.25, 0.3) is 0 Å². The molecule has 168 valence electrons. The zero-order valence-electron chi connectivity index (χ0n) is 18.5. The molecular formula is C24H32ClN3O3. The van der Waals surface area contributed by atoms with Crippen molar-refractivity contribution in [1.29, 1.82) is 0 Å². The summed E-state index contributed by atoms with van der Waals surface area (Å²) in [7, 11) is 0. The molecule has 1 aliphatic rings. The van der Waals surface area contributed by atoms with E-state index in [0.29, 0.717) is 23.9 Å². The number of halogens is 1. The summed E-state index contributed by atoms with van der Waals surface area (Å²) in [5.74, 6) is 0.711. The number of aryl methyl sites for hydroxylation is 3. The third-order valence-electron chi connectivity index (χ3n) is 5.63. The minimum Gasteiger partial charge on any atom is -0.491 e. The number of anilines is 1. The average molecular weight is 446 g/mol. The lowest BCUT2D eigenvalue weighted by atomic mass is 10.1. The first kappa shape index (κ1) is 23.5. The average Bonchev–Trinajstić information content (AvgIpc) is 2.73. The van der Waals surface area contributed by atoms with Crippen LogP contribution in [0.3, 0.4) is 0 Å². The first-order valence-electron chi connectivity index (χ1n) is 10.7. The maximum Gasteiger partial charge on any atom is 0.238 e. The Hall–Kier alpha value is -2.12. The highest BCUT2D eigenvalue weighted by molar-refractivity contribution is 6.30. The Labute approximate surface area is 189 Å². The number of rotatable bonds is 8. The number of aliphatic hydroxyl groups is 1. The number of hydrogen-bond acceptors (Lipinski definition) is 5. The molecule has 31 heavy (non-hydrogen) atoms. The number of nitrogens with zero attached hydrogens (tertiary/aromatic N) is 2. The summed E-state index contributed by atoms with van der Waals surface area (Å²) >= 11 is 6.01. The molecule has 1 aliphatic heterocycles. The van der Waals surface area contributed by atoms with E-state index >= 15 is 0 Å². The molecule has 0 aliphatic carbocycles. The van der Waals surface area contributed by atoms with Crippen molar-refractivity contribution in [2.24, 2.45) is 0 Å². The van der Waals surface area contributed by atoms with E-state index in [1.165, 1.54) is 0 Å². The van der Waals surface area contributed by atoms with Crippen LogP contribution in [0.5, 0.6) is 5.75 Å². The first-order chi connectivity index (χ1) is 14.8. The molecule has 0 spiro atoms. The van der Waals surface area contributed by atoms with Gasteiger partial charge < -0.3 is 15.2 Å². The summed E-state index contributed by atoms with van der Waals surface area (Å²) < 4.78 is 5.75. The molecule has 3 rings (SSSR count). The monoisotopic (exact) mass is 445 g/mol. The molecule has 1 atom stereocenters. The van der Waals surface area contributed by atoms with Crippen molar-refractivity contribution in [3.63, 3.8) is 0 Å². The van der Waals surface area contributed by atoms with Gasteiger partial charge >= 0.3 is 0 Å². The number of piperazine rings is 1. The van der Waals surface area contributed by atoms with Crippen molar-refractivity contribution in [2.75, 3.05) is 51.2 Å². The Morgan fingerprint density at radius 2 is 1.71 bits per heavy atom. The van der Waals surface area contributed by atoms with E-state index in [4.69, 9.17) is 16.3 Å². The van der Waals surface area contributed by atoms with Gasteiger partial charge in [0.15, 0.2) is 0 Å². The maximum absolute atomic E-state index is 12.5. The van der Waals surface area contributed by atoms with Crippen LogP contribution in [0.15, 0.2) is 36.4 Å². The minimum absolute atomic E-state index is 0.0103.